The van der Waals surface area contributed by atoms with E-state index in [0.717, 1.165) is 0 Å². The molecule has 0 fully saturated rings. The second kappa shape index (κ2) is 3.76. The van der Waals surface area contributed by atoms with Gasteiger partial charge in [0.15, 0.2) is 5.69 Å². The Kier molecular flexibility index (Phi) is 2.83. The fourth-order valence-electron chi connectivity index (χ4n) is 0.981. The van der Waals surface area contributed by atoms with Gasteiger partial charge in [-0.25, -0.2) is 9.78 Å². The van der Waals surface area contributed by atoms with E-state index < -0.39 is 23.4 Å². The molecule has 15 heavy (non-hydrogen) atoms. The summed E-state index contributed by atoms with van der Waals surface area (Å²) in [6, 6.07) is 0.705. The molecule has 1 aromatic heterocycles. The Hall–Kier alpha value is -1.79. The van der Waals surface area contributed by atoms with Gasteiger partial charge in [0.25, 0.3) is 0 Å². The first-order chi connectivity index (χ1) is 6.86. The summed E-state index contributed by atoms with van der Waals surface area (Å²) in [5.74, 6) is -1.38. The van der Waals surface area contributed by atoms with Gasteiger partial charge in [-0.15, -0.1) is 0 Å². The second-order valence-corrected chi connectivity index (χ2v) is 2.67. The molecule has 82 valence electrons. The van der Waals surface area contributed by atoms with Crippen LogP contribution in [-0.2, 0) is 6.18 Å². The van der Waals surface area contributed by atoms with Gasteiger partial charge in [-0.3, -0.25) is 0 Å². The van der Waals surface area contributed by atoms with Crippen molar-refractivity contribution in [2.45, 2.75) is 6.18 Å². The Labute approximate surface area is 82.7 Å². The van der Waals surface area contributed by atoms with E-state index in [1.165, 1.54) is 7.05 Å². The smallest absolute Gasteiger partial charge is 0.417 e. The molecule has 2 N–H and O–H groups in total. The van der Waals surface area contributed by atoms with Crippen molar-refractivity contribution in [1.82, 2.24) is 4.98 Å². The maximum Gasteiger partial charge on any atom is 0.417 e. The highest BCUT2D eigenvalue weighted by Crippen LogP contribution is 2.30. The van der Waals surface area contributed by atoms with Gasteiger partial charge in [0, 0.05) is 13.2 Å². The van der Waals surface area contributed by atoms with Gasteiger partial charge in [-0.2, -0.15) is 13.2 Å². The van der Waals surface area contributed by atoms with E-state index >= 15 is 0 Å². The van der Waals surface area contributed by atoms with Crippen LogP contribution < -0.4 is 5.32 Å². The van der Waals surface area contributed by atoms with Crippen LogP contribution in [0.4, 0.5) is 18.9 Å². The molecule has 0 amide bonds. The molecule has 0 saturated carbocycles. The maximum atomic E-state index is 12.2. The number of aromatic carboxylic acids is 1. The van der Waals surface area contributed by atoms with Crippen molar-refractivity contribution in [1.29, 1.82) is 0 Å². The number of nitrogens with one attached hydrogen (secondary N) is 1. The van der Waals surface area contributed by atoms with Crippen LogP contribution in [0.3, 0.4) is 0 Å². The average molecular weight is 220 g/mol. The number of halogens is 3. The summed E-state index contributed by atoms with van der Waals surface area (Å²) in [6.45, 7) is 0. The van der Waals surface area contributed by atoms with Gasteiger partial charge >= 0.3 is 12.1 Å². The SMILES string of the molecule is CNc1cc(C(F)(F)F)cnc1C(=O)O. The summed E-state index contributed by atoms with van der Waals surface area (Å²) in [5.41, 5.74) is -1.60. The molecule has 0 aromatic carbocycles. The molecular weight excluding hydrogens is 213 g/mol. The van der Waals surface area contributed by atoms with Crippen molar-refractivity contribution in [2.24, 2.45) is 0 Å². The third kappa shape index (κ3) is 2.36. The predicted molar refractivity (Wildman–Crippen MR) is 45.7 cm³/mol. The molecule has 0 aliphatic carbocycles. The number of hydrogen-bond donors (Lipinski definition) is 2. The summed E-state index contributed by atoms with van der Waals surface area (Å²) in [7, 11) is 1.32. The molecule has 0 radical (unpaired) electrons. The minimum atomic E-state index is -4.53. The summed E-state index contributed by atoms with van der Waals surface area (Å²) in [4.78, 5) is 13.8. The molecule has 0 aliphatic rings. The van der Waals surface area contributed by atoms with Crippen molar-refractivity contribution in [2.75, 3.05) is 12.4 Å². The Morgan fingerprint density at radius 2 is 2.13 bits per heavy atom. The van der Waals surface area contributed by atoms with Gasteiger partial charge in [0.1, 0.15) is 0 Å². The molecular formula is C8H7F3N2O2. The Morgan fingerprint density at radius 3 is 2.53 bits per heavy atom. The fourth-order valence-corrected chi connectivity index (χ4v) is 0.981. The van der Waals surface area contributed by atoms with E-state index in [-0.39, 0.29) is 5.69 Å². The first-order valence-electron chi connectivity index (χ1n) is 3.84. The topological polar surface area (TPSA) is 62.2 Å². The van der Waals surface area contributed by atoms with Crippen LogP contribution in [0.25, 0.3) is 0 Å². The van der Waals surface area contributed by atoms with Crippen molar-refractivity contribution in [3.63, 3.8) is 0 Å². The number of alkyl halides is 3. The van der Waals surface area contributed by atoms with Gasteiger partial charge in [-0.1, -0.05) is 0 Å². The van der Waals surface area contributed by atoms with Gasteiger partial charge in [0.2, 0.25) is 0 Å². The minimum Gasteiger partial charge on any atom is -0.476 e. The van der Waals surface area contributed by atoms with Crippen molar-refractivity contribution in [3.05, 3.63) is 23.5 Å². The normalized spacial score (nSPS) is 11.2. The summed E-state index contributed by atoms with van der Waals surface area (Å²) >= 11 is 0. The quantitative estimate of drug-likeness (QED) is 0.798. The van der Waals surface area contributed by atoms with E-state index in [4.69, 9.17) is 5.11 Å². The van der Waals surface area contributed by atoms with E-state index in [1.54, 1.807) is 0 Å². The first kappa shape index (κ1) is 11.3. The number of pyridine rings is 1. The molecule has 1 rings (SSSR count). The zero-order valence-corrected chi connectivity index (χ0v) is 7.59. The number of carbonyl (C=O) groups is 1. The highest BCUT2D eigenvalue weighted by molar-refractivity contribution is 5.91. The lowest BCUT2D eigenvalue weighted by Crippen LogP contribution is -2.11. The Morgan fingerprint density at radius 1 is 1.53 bits per heavy atom. The van der Waals surface area contributed by atoms with E-state index in [9.17, 15) is 18.0 Å². The lowest BCUT2D eigenvalue weighted by Gasteiger charge is -2.09. The zero-order chi connectivity index (χ0) is 11.6. The third-order valence-corrected chi connectivity index (χ3v) is 1.69. The molecule has 1 aromatic rings. The number of carboxylic acids is 1. The molecule has 0 saturated heterocycles. The van der Waals surface area contributed by atoms with Crippen LogP contribution in [-0.4, -0.2) is 23.1 Å². The highest BCUT2D eigenvalue weighted by atomic mass is 19.4. The number of carboxylic acid groups (broad SMARTS) is 1. The van der Waals surface area contributed by atoms with E-state index in [1.807, 2.05) is 0 Å². The minimum absolute atomic E-state index is 0.169. The number of nitrogens with zero attached hydrogens (tertiary/aromatic N) is 1. The molecule has 0 spiro atoms. The highest BCUT2D eigenvalue weighted by Gasteiger charge is 2.32. The molecule has 1 heterocycles. The lowest BCUT2D eigenvalue weighted by atomic mass is 10.2. The average Bonchev–Trinajstić information content (AvgIpc) is 2.15. The van der Waals surface area contributed by atoms with Gasteiger partial charge in [0.05, 0.1) is 11.3 Å². The summed E-state index contributed by atoms with van der Waals surface area (Å²) < 4.78 is 36.7. The monoisotopic (exact) mass is 220 g/mol. The number of anilines is 1. The molecule has 0 bridgehead atoms. The molecule has 4 nitrogen and oxygen atoms in total. The standard InChI is InChI=1S/C8H7F3N2O2/c1-12-5-2-4(8(9,10)11)3-13-6(5)7(14)15/h2-3,12H,1H3,(H,14,15). The maximum absolute atomic E-state index is 12.2. The van der Waals surface area contributed by atoms with Crippen molar-refractivity contribution < 1.29 is 23.1 Å². The first-order valence-corrected chi connectivity index (χ1v) is 3.84. The molecule has 7 heteroatoms. The van der Waals surface area contributed by atoms with Crippen LogP contribution in [0.1, 0.15) is 16.1 Å². The second-order valence-electron chi connectivity index (χ2n) is 2.67. The zero-order valence-electron chi connectivity index (χ0n) is 7.59. The number of rotatable bonds is 2. The fraction of sp³-hybridized carbons (Fsp3) is 0.250. The molecule has 0 unspecified atom stereocenters. The Balaban J connectivity index is 3.25. The third-order valence-electron chi connectivity index (χ3n) is 1.69. The number of aromatic nitrogens is 1. The summed E-state index contributed by atoms with van der Waals surface area (Å²) in [6.07, 6.45) is -4.04. The van der Waals surface area contributed by atoms with Crippen LogP contribution in [0.15, 0.2) is 12.3 Å². The predicted octanol–water partition coefficient (Wildman–Crippen LogP) is 1.84. The van der Waals surface area contributed by atoms with Gasteiger partial charge < -0.3 is 10.4 Å². The van der Waals surface area contributed by atoms with E-state index in [0.29, 0.717) is 12.3 Å². The van der Waals surface area contributed by atoms with Crippen molar-refractivity contribution in [3.8, 4) is 0 Å². The van der Waals surface area contributed by atoms with Crippen LogP contribution >= 0.6 is 0 Å². The Bertz CT molecular complexity index is 390. The lowest BCUT2D eigenvalue weighted by molar-refractivity contribution is -0.137. The van der Waals surface area contributed by atoms with Crippen LogP contribution in [0.5, 0.6) is 0 Å². The number of hydrogen-bond acceptors (Lipinski definition) is 3. The largest absolute Gasteiger partial charge is 0.476 e. The van der Waals surface area contributed by atoms with E-state index in [2.05, 4.69) is 10.3 Å². The van der Waals surface area contributed by atoms with Crippen LogP contribution in [0, 0.1) is 0 Å². The molecule has 0 aliphatic heterocycles. The van der Waals surface area contributed by atoms with Crippen LogP contribution in [0.2, 0.25) is 0 Å². The van der Waals surface area contributed by atoms with Crippen molar-refractivity contribution >= 4 is 11.7 Å². The van der Waals surface area contributed by atoms with Gasteiger partial charge in [-0.05, 0) is 6.07 Å². The summed E-state index contributed by atoms with van der Waals surface area (Å²) in [5, 5.41) is 11.0. The molecule has 0 atom stereocenters.